The summed E-state index contributed by atoms with van der Waals surface area (Å²) in [4.78, 5) is 4.29. The molecule has 1 atom stereocenters. The Kier molecular flexibility index (Phi) is 3.02. The van der Waals surface area contributed by atoms with Gasteiger partial charge in [-0.05, 0) is 18.6 Å². The Morgan fingerprint density at radius 3 is 3.11 bits per heavy atom. The summed E-state index contributed by atoms with van der Waals surface area (Å²) in [6, 6.07) is 7.87. The molecule has 1 aromatic heterocycles. The van der Waals surface area contributed by atoms with Crippen LogP contribution in [0, 0.1) is 5.92 Å². The Morgan fingerprint density at radius 2 is 2.28 bits per heavy atom. The van der Waals surface area contributed by atoms with Gasteiger partial charge in [-0.15, -0.1) is 0 Å². The largest absolute Gasteiger partial charge is 0.490 e. The predicted octanol–water partition coefficient (Wildman–Crippen LogP) is 2.23. The highest BCUT2D eigenvalue weighted by Crippen LogP contribution is 2.30. The van der Waals surface area contributed by atoms with E-state index >= 15 is 0 Å². The van der Waals surface area contributed by atoms with Crippen LogP contribution in [0.4, 0.5) is 5.69 Å². The first-order valence-corrected chi connectivity index (χ1v) is 6.18. The van der Waals surface area contributed by atoms with Crippen molar-refractivity contribution in [2.45, 2.75) is 6.42 Å². The van der Waals surface area contributed by atoms with E-state index in [2.05, 4.69) is 4.98 Å². The lowest BCUT2D eigenvalue weighted by Gasteiger charge is -2.14. The molecule has 1 fully saturated rings. The van der Waals surface area contributed by atoms with Crippen molar-refractivity contribution >= 4 is 16.6 Å². The molecule has 94 valence electrons. The smallest absolute Gasteiger partial charge is 0.153 e. The average molecular weight is 244 g/mol. The first kappa shape index (κ1) is 11.3. The highest BCUT2D eigenvalue weighted by molar-refractivity contribution is 5.89. The summed E-state index contributed by atoms with van der Waals surface area (Å²) in [6.45, 7) is 2.27. The minimum absolute atomic E-state index is 0.469. The fraction of sp³-hybridized carbons (Fsp3) is 0.357. The molecule has 2 aromatic rings. The summed E-state index contributed by atoms with van der Waals surface area (Å²) >= 11 is 0. The van der Waals surface area contributed by atoms with Gasteiger partial charge in [-0.25, -0.2) is 0 Å². The van der Waals surface area contributed by atoms with Crippen molar-refractivity contribution in [3.63, 3.8) is 0 Å². The van der Waals surface area contributed by atoms with Crippen LogP contribution >= 0.6 is 0 Å². The molecule has 4 heteroatoms. The van der Waals surface area contributed by atoms with E-state index in [1.807, 2.05) is 24.3 Å². The van der Waals surface area contributed by atoms with E-state index < -0.39 is 0 Å². The maximum atomic E-state index is 5.95. The number of fused-ring (bicyclic) bond motifs is 1. The van der Waals surface area contributed by atoms with Crippen LogP contribution in [0.5, 0.6) is 5.75 Å². The molecule has 4 nitrogen and oxygen atoms in total. The monoisotopic (exact) mass is 244 g/mol. The number of rotatable bonds is 3. The van der Waals surface area contributed by atoms with Crippen LogP contribution in [0.25, 0.3) is 10.9 Å². The number of aromatic nitrogens is 1. The molecule has 0 saturated carbocycles. The van der Waals surface area contributed by atoms with Crippen molar-refractivity contribution in [3.05, 3.63) is 30.5 Å². The van der Waals surface area contributed by atoms with Crippen molar-refractivity contribution in [3.8, 4) is 5.75 Å². The molecule has 1 aliphatic heterocycles. The molecule has 0 radical (unpaired) electrons. The second-order valence-corrected chi connectivity index (χ2v) is 4.60. The first-order chi connectivity index (χ1) is 8.84. The normalized spacial score (nSPS) is 19.2. The van der Waals surface area contributed by atoms with Gasteiger partial charge in [0.25, 0.3) is 0 Å². The average Bonchev–Trinajstić information content (AvgIpc) is 2.91. The second kappa shape index (κ2) is 4.82. The van der Waals surface area contributed by atoms with Gasteiger partial charge in [0.2, 0.25) is 0 Å². The van der Waals surface area contributed by atoms with E-state index in [-0.39, 0.29) is 0 Å². The van der Waals surface area contributed by atoms with E-state index in [0.717, 1.165) is 36.3 Å². The third-order valence-electron chi connectivity index (χ3n) is 3.24. The van der Waals surface area contributed by atoms with Gasteiger partial charge in [0.15, 0.2) is 5.75 Å². The van der Waals surface area contributed by atoms with Crippen molar-refractivity contribution in [2.75, 3.05) is 25.6 Å². The fourth-order valence-electron chi connectivity index (χ4n) is 2.21. The molecule has 1 saturated heterocycles. The molecule has 0 bridgehead atoms. The molecule has 0 amide bonds. The number of pyridine rings is 1. The van der Waals surface area contributed by atoms with Gasteiger partial charge in [-0.3, -0.25) is 4.98 Å². The number of ether oxygens (including phenoxy) is 2. The Hall–Kier alpha value is -1.81. The number of nitrogens with zero attached hydrogens (tertiary/aromatic N) is 1. The van der Waals surface area contributed by atoms with Crippen LogP contribution in [0.15, 0.2) is 30.5 Å². The third kappa shape index (κ3) is 2.11. The molecule has 1 aromatic carbocycles. The Balaban J connectivity index is 1.87. The Morgan fingerprint density at radius 1 is 1.39 bits per heavy atom. The summed E-state index contributed by atoms with van der Waals surface area (Å²) in [6.07, 6.45) is 2.71. The lowest BCUT2D eigenvalue weighted by molar-refractivity contribution is 0.168. The predicted molar refractivity (Wildman–Crippen MR) is 70.6 cm³/mol. The van der Waals surface area contributed by atoms with Gasteiger partial charge < -0.3 is 15.2 Å². The van der Waals surface area contributed by atoms with E-state index in [4.69, 9.17) is 15.2 Å². The van der Waals surface area contributed by atoms with Crippen molar-refractivity contribution in [2.24, 2.45) is 5.92 Å². The zero-order chi connectivity index (χ0) is 12.4. The number of hydrogen-bond acceptors (Lipinski definition) is 4. The summed E-state index contributed by atoms with van der Waals surface area (Å²) in [5.41, 5.74) is 7.45. The lowest BCUT2D eigenvalue weighted by Crippen LogP contribution is -2.12. The molecule has 3 rings (SSSR count). The van der Waals surface area contributed by atoms with Gasteiger partial charge in [0.1, 0.15) is 0 Å². The Bertz CT molecular complexity index is 550. The Labute approximate surface area is 106 Å². The van der Waals surface area contributed by atoms with Crippen LogP contribution in [-0.2, 0) is 4.74 Å². The van der Waals surface area contributed by atoms with E-state index in [9.17, 15) is 0 Å². The van der Waals surface area contributed by atoms with Crippen molar-refractivity contribution < 1.29 is 9.47 Å². The van der Waals surface area contributed by atoms with Crippen LogP contribution in [0.1, 0.15) is 6.42 Å². The van der Waals surface area contributed by atoms with Crippen molar-refractivity contribution in [1.29, 1.82) is 0 Å². The van der Waals surface area contributed by atoms with Gasteiger partial charge in [0.05, 0.1) is 30.6 Å². The van der Waals surface area contributed by atoms with Crippen LogP contribution in [0.2, 0.25) is 0 Å². The van der Waals surface area contributed by atoms with E-state index in [1.54, 1.807) is 6.20 Å². The first-order valence-electron chi connectivity index (χ1n) is 6.18. The fourth-order valence-corrected chi connectivity index (χ4v) is 2.21. The summed E-state index contributed by atoms with van der Waals surface area (Å²) in [5, 5.41) is 0.969. The topological polar surface area (TPSA) is 57.4 Å². The summed E-state index contributed by atoms with van der Waals surface area (Å²) < 4.78 is 11.2. The second-order valence-electron chi connectivity index (χ2n) is 4.60. The highest BCUT2D eigenvalue weighted by Gasteiger charge is 2.17. The highest BCUT2D eigenvalue weighted by atomic mass is 16.5. The summed E-state index contributed by atoms with van der Waals surface area (Å²) in [5.74, 6) is 1.21. The van der Waals surface area contributed by atoms with Gasteiger partial charge in [0, 0.05) is 17.9 Å². The van der Waals surface area contributed by atoms with Gasteiger partial charge >= 0.3 is 0 Å². The van der Waals surface area contributed by atoms with Gasteiger partial charge in [-0.2, -0.15) is 0 Å². The number of nitrogens with two attached hydrogens (primary N) is 1. The maximum absolute atomic E-state index is 5.95. The molecule has 1 aliphatic rings. The number of nitrogen functional groups attached to an aromatic ring is 1. The van der Waals surface area contributed by atoms with Crippen molar-refractivity contribution in [1.82, 2.24) is 4.98 Å². The number of anilines is 1. The number of benzene rings is 1. The minimum Gasteiger partial charge on any atom is -0.490 e. The SMILES string of the molecule is Nc1cnc2ccccc2c1OCC1CCOC1. The van der Waals surface area contributed by atoms with Crippen LogP contribution in [-0.4, -0.2) is 24.8 Å². The molecular weight excluding hydrogens is 228 g/mol. The third-order valence-corrected chi connectivity index (χ3v) is 3.24. The molecule has 18 heavy (non-hydrogen) atoms. The van der Waals surface area contributed by atoms with E-state index in [0.29, 0.717) is 18.2 Å². The number of hydrogen-bond donors (Lipinski definition) is 1. The molecule has 0 aliphatic carbocycles. The molecule has 1 unspecified atom stereocenters. The van der Waals surface area contributed by atoms with E-state index in [1.165, 1.54) is 0 Å². The van der Waals surface area contributed by atoms with Crippen LogP contribution in [0.3, 0.4) is 0 Å². The number of para-hydroxylation sites is 1. The lowest BCUT2D eigenvalue weighted by atomic mass is 10.1. The molecular formula is C14H16N2O2. The minimum atomic E-state index is 0.469. The zero-order valence-corrected chi connectivity index (χ0v) is 10.1. The molecule has 2 heterocycles. The zero-order valence-electron chi connectivity index (χ0n) is 10.1. The molecule has 2 N–H and O–H groups in total. The summed E-state index contributed by atoms with van der Waals surface area (Å²) in [7, 11) is 0. The maximum Gasteiger partial charge on any atom is 0.153 e. The molecule has 0 spiro atoms. The standard InChI is InChI=1S/C14H16N2O2/c15-12-7-16-13-4-2-1-3-11(13)14(12)18-9-10-5-6-17-8-10/h1-4,7,10H,5-6,8-9,15H2. The quantitative estimate of drug-likeness (QED) is 0.899. The van der Waals surface area contributed by atoms with Gasteiger partial charge in [-0.1, -0.05) is 12.1 Å². The van der Waals surface area contributed by atoms with Crippen LogP contribution < -0.4 is 10.5 Å².